The van der Waals surface area contributed by atoms with E-state index in [4.69, 9.17) is 5.73 Å². The molecule has 3 heteroatoms. The number of amides is 1. The predicted molar refractivity (Wildman–Crippen MR) is 62.6 cm³/mol. The van der Waals surface area contributed by atoms with Crippen molar-refractivity contribution in [2.45, 2.75) is 32.7 Å². The van der Waals surface area contributed by atoms with Crippen LogP contribution in [0, 0.1) is 0 Å². The fourth-order valence-corrected chi connectivity index (χ4v) is 1.32. The average molecular weight is 206 g/mol. The van der Waals surface area contributed by atoms with E-state index in [0.717, 1.165) is 17.7 Å². The SMILES string of the molecule is CCCC(=O)Nc1ccc([C@@H](C)N)cc1. The van der Waals surface area contributed by atoms with Crippen molar-refractivity contribution >= 4 is 11.6 Å². The van der Waals surface area contributed by atoms with Gasteiger partial charge in [0.1, 0.15) is 0 Å². The molecule has 0 saturated heterocycles. The lowest BCUT2D eigenvalue weighted by Crippen LogP contribution is -2.11. The van der Waals surface area contributed by atoms with Gasteiger partial charge in [0.15, 0.2) is 0 Å². The molecule has 0 aliphatic carbocycles. The van der Waals surface area contributed by atoms with Crippen LogP contribution in [0.1, 0.15) is 38.3 Å². The van der Waals surface area contributed by atoms with Crippen LogP contribution in [-0.2, 0) is 4.79 Å². The Labute approximate surface area is 90.7 Å². The van der Waals surface area contributed by atoms with Crippen molar-refractivity contribution in [3.05, 3.63) is 29.8 Å². The molecule has 0 heterocycles. The first-order chi connectivity index (χ1) is 7.13. The summed E-state index contributed by atoms with van der Waals surface area (Å²) in [5.41, 5.74) is 7.63. The van der Waals surface area contributed by atoms with Gasteiger partial charge in [-0.2, -0.15) is 0 Å². The highest BCUT2D eigenvalue weighted by Crippen LogP contribution is 2.14. The lowest BCUT2D eigenvalue weighted by Gasteiger charge is -2.07. The maximum absolute atomic E-state index is 11.3. The molecule has 3 N–H and O–H groups in total. The Kier molecular flexibility index (Phi) is 4.31. The van der Waals surface area contributed by atoms with Crippen LogP contribution < -0.4 is 11.1 Å². The first-order valence-electron chi connectivity index (χ1n) is 5.29. The van der Waals surface area contributed by atoms with Crippen LogP contribution in [0.2, 0.25) is 0 Å². The van der Waals surface area contributed by atoms with Crippen LogP contribution in [0.15, 0.2) is 24.3 Å². The maximum atomic E-state index is 11.3. The summed E-state index contributed by atoms with van der Waals surface area (Å²) >= 11 is 0. The van der Waals surface area contributed by atoms with Crippen LogP contribution in [0.5, 0.6) is 0 Å². The third kappa shape index (κ3) is 3.72. The van der Waals surface area contributed by atoms with E-state index in [0.29, 0.717) is 6.42 Å². The zero-order valence-corrected chi connectivity index (χ0v) is 9.29. The van der Waals surface area contributed by atoms with E-state index in [1.807, 2.05) is 38.1 Å². The Bertz CT molecular complexity index is 317. The normalized spacial score (nSPS) is 12.2. The quantitative estimate of drug-likeness (QED) is 0.795. The van der Waals surface area contributed by atoms with Gasteiger partial charge in [-0.1, -0.05) is 19.1 Å². The molecular weight excluding hydrogens is 188 g/mol. The van der Waals surface area contributed by atoms with Crippen LogP contribution in [-0.4, -0.2) is 5.91 Å². The summed E-state index contributed by atoms with van der Waals surface area (Å²) in [4.78, 5) is 11.3. The van der Waals surface area contributed by atoms with Crippen LogP contribution in [0.4, 0.5) is 5.69 Å². The second-order valence-electron chi connectivity index (χ2n) is 3.71. The molecule has 0 saturated carbocycles. The van der Waals surface area contributed by atoms with Crippen molar-refractivity contribution in [2.75, 3.05) is 5.32 Å². The molecule has 82 valence electrons. The molecule has 0 bridgehead atoms. The molecule has 0 unspecified atom stereocenters. The molecule has 0 aliphatic rings. The Morgan fingerprint density at radius 3 is 2.47 bits per heavy atom. The molecule has 0 aromatic heterocycles. The first-order valence-corrected chi connectivity index (χ1v) is 5.29. The molecule has 0 radical (unpaired) electrons. The zero-order valence-electron chi connectivity index (χ0n) is 9.29. The minimum atomic E-state index is 0.0328. The molecule has 1 rings (SSSR count). The van der Waals surface area contributed by atoms with Crippen LogP contribution in [0.3, 0.4) is 0 Å². The van der Waals surface area contributed by atoms with Crippen LogP contribution in [0.25, 0.3) is 0 Å². The molecule has 1 aromatic carbocycles. The van der Waals surface area contributed by atoms with Gasteiger partial charge in [-0.05, 0) is 31.0 Å². The topological polar surface area (TPSA) is 55.1 Å². The summed E-state index contributed by atoms with van der Waals surface area (Å²) in [5.74, 6) is 0.0612. The van der Waals surface area contributed by atoms with E-state index < -0.39 is 0 Å². The van der Waals surface area contributed by atoms with Crippen molar-refractivity contribution in [2.24, 2.45) is 5.73 Å². The van der Waals surface area contributed by atoms with E-state index in [1.165, 1.54) is 0 Å². The summed E-state index contributed by atoms with van der Waals surface area (Å²) in [6.45, 7) is 3.92. The van der Waals surface area contributed by atoms with E-state index in [2.05, 4.69) is 5.32 Å². The highest BCUT2D eigenvalue weighted by molar-refractivity contribution is 5.90. The number of nitrogens with one attached hydrogen (secondary N) is 1. The molecule has 1 amide bonds. The van der Waals surface area contributed by atoms with Crippen LogP contribution >= 0.6 is 0 Å². The largest absolute Gasteiger partial charge is 0.326 e. The first kappa shape index (κ1) is 11.7. The number of carbonyl (C=O) groups excluding carboxylic acids is 1. The number of anilines is 1. The van der Waals surface area contributed by atoms with Crippen molar-refractivity contribution in [3.63, 3.8) is 0 Å². The third-order valence-corrected chi connectivity index (χ3v) is 2.20. The summed E-state index contributed by atoms with van der Waals surface area (Å²) in [6, 6.07) is 7.67. The zero-order chi connectivity index (χ0) is 11.3. The smallest absolute Gasteiger partial charge is 0.224 e. The molecule has 0 fully saturated rings. The average Bonchev–Trinajstić information content (AvgIpc) is 2.18. The lowest BCUT2D eigenvalue weighted by atomic mass is 10.1. The van der Waals surface area contributed by atoms with E-state index in [1.54, 1.807) is 0 Å². The Morgan fingerprint density at radius 1 is 1.40 bits per heavy atom. The molecule has 15 heavy (non-hydrogen) atoms. The van der Waals surface area contributed by atoms with Gasteiger partial charge < -0.3 is 11.1 Å². The highest BCUT2D eigenvalue weighted by Gasteiger charge is 2.02. The second-order valence-corrected chi connectivity index (χ2v) is 3.71. The number of carbonyl (C=O) groups is 1. The van der Waals surface area contributed by atoms with Gasteiger partial charge in [0.2, 0.25) is 5.91 Å². The monoisotopic (exact) mass is 206 g/mol. The molecule has 1 atom stereocenters. The predicted octanol–water partition coefficient (Wildman–Crippen LogP) is 2.44. The summed E-state index contributed by atoms with van der Waals surface area (Å²) in [5, 5.41) is 2.83. The molecule has 0 aliphatic heterocycles. The van der Waals surface area contributed by atoms with Gasteiger partial charge in [-0.15, -0.1) is 0 Å². The van der Waals surface area contributed by atoms with Crippen molar-refractivity contribution in [1.82, 2.24) is 0 Å². The van der Waals surface area contributed by atoms with Gasteiger partial charge in [0.05, 0.1) is 0 Å². The number of hydrogen-bond donors (Lipinski definition) is 2. The van der Waals surface area contributed by atoms with Crippen molar-refractivity contribution in [3.8, 4) is 0 Å². The van der Waals surface area contributed by atoms with Crippen molar-refractivity contribution in [1.29, 1.82) is 0 Å². The molecular formula is C12H18N2O. The number of benzene rings is 1. The van der Waals surface area contributed by atoms with Gasteiger partial charge >= 0.3 is 0 Å². The van der Waals surface area contributed by atoms with E-state index in [-0.39, 0.29) is 11.9 Å². The van der Waals surface area contributed by atoms with Gasteiger partial charge in [-0.25, -0.2) is 0 Å². The standard InChI is InChI=1S/C12H18N2O/c1-3-4-12(15)14-11-7-5-10(6-8-11)9(2)13/h5-9H,3-4,13H2,1-2H3,(H,14,15)/t9-/m1/s1. The van der Waals surface area contributed by atoms with Crippen molar-refractivity contribution < 1.29 is 4.79 Å². The van der Waals surface area contributed by atoms with E-state index >= 15 is 0 Å². The molecule has 0 spiro atoms. The van der Waals surface area contributed by atoms with Gasteiger partial charge in [-0.3, -0.25) is 4.79 Å². The second kappa shape index (κ2) is 5.51. The Morgan fingerprint density at radius 2 is 2.00 bits per heavy atom. The van der Waals surface area contributed by atoms with Gasteiger partial charge in [0, 0.05) is 18.2 Å². The summed E-state index contributed by atoms with van der Waals surface area (Å²) in [6.07, 6.45) is 1.43. The maximum Gasteiger partial charge on any atom is 0.224 e. The minimum Gasteiger partial charge on any atom is -0.326 e. The molecule has 1 aromatic rings. The highest BCUT2D eigenvalue weighted by atomic mass is 16.1. The fourth-order valence-electron chi connectivity index (χ4n) is 1.32. The number of rotatable bonds is 4. The third-order valence-electron chi connectivity index (χ3n) is 2.20. The number of hydrogen-bond acceptors (Lipinski definition) is 2. The summed E-state index contributed by atoms with van der Waals surface area (Å²) in [7, 11) is 0. The fraction of sp³-hybridized carbons (Fsp3) is 0.417. The minimum absolute atomic E-state index is 0.0328. The lowest BCUT2D eigenvalue weighted by molar-refractivity contribution is -0.116. The van der Waals surface area contributed by atoms with Gasteiger partial charge in [0.25, 0.3) is 0 Å². The summed E-state index contributed by atoms with van der Waals surface area (Å²) < 4.78 is 0. The Hall–Kier alpha value is -1.35. The Balaban J connectivity index is 2.60. The molecule has 3 nitrogen and oxygen atoms in total. The number of nitrogens with two attached hydrogens (primary N) is 1. The van der Waals surface area contributed by atoms with E-state index in [9.17, 15) is 4.79 Å².